The van der Waals surface area contributed by atoms with Crippen molar-refractivity contribution in [3.8, 4) is 5.75 Å². The zero-order valence-electron chi connectivity index (χ0n) is 14.8. The van der Waals surface area contributed by atoms with Gasteiger partial charge in [-0.15, -0.1) is 0 Å². The van der Waals surface area contributed by atoms with Gasteiger partial charge in [-0.25, -0.2) is 0 Å². The lowest BCUT2D eigenvalue weighted by Gasteiger charge is -2.18. The van der Waals surface area contributed by atoms with E-state index in [2.05, 4.69) is 5.32 Å². The van der Waals surface area contributed by atoms with Crippen LogP contribution in [0.15, 0.2) is 42.5 Å². The average Bonchev–Trinajstić information content (AvgIpc) is 3.02. The molecule has 0 spiro atoms. The van der Waals surface area contributed by atoms with Crippen molar-refractivity contribution in [1.82, 2.24) is 5.32 Å². The molecule has 5 nitrogen and oxygen atoms in total. The molecule has 1 fully saturated rings. The van der Waals surface area contributed by atoms with Crippen LogP contribution in [-0.2, 0) is 16.2 Å². The third-order valence-corrected chi connectivity index (χ3v) is 4.73. The lowest BCUT2D eigenvalue weighted by molar-refractivity contribution is -0.125. The second-order valence-electron chi connectivity index (χ2n) is 6.39. The van der Waals surface area contributed by atoms with Gasteiger partial charge in [0.2, 0.25) is 11.8 Å². The molecule has 1 aliphatic heterocycles. The predicted molar refractivity (Wildman–Crippen MR) is 101 cm³/mol. The van der Waals surface area contributed by atoms with E-state index in [4.69, 9.17) is 16.3 Å². The molecule has 0 aromatic heterocycles. The Labute approximate surface area is 157 Å². The van der Waals surface area contributed by atoms with Crippen molar-refractivity contribution >= 4 is 29.1 Å². The molecule has 2 amide bonds. The number of rotatable bonds is 5. The number of anilines is 1. The topological polar surface area (TPSA) is 58.6 Å². The second kappa shape index (κ2) is 7.79. The third-order valence-electron chi connectivity index (χ3n) is 4.50. The van der Waals surface area contributed by atoms with Crippen molar-refractivity contribution in [2.75, 3.05) is 18.5 Å². The van der Waals surface area contributed by atoms with Crippen LogP contribution < -0.4 is 15.0 Å². The maximum atomic E-state index is 12.2. The molecule has 1 saturated heterocycles. The van der Waals surface area contributed by atoms with Crippen LogP contribution in [-0.4, -0.2) is 25.4 Å². The molecule has 0 saturated carbocycles. The molecule has 136 valence electrons. The molecule has 0 radical (unpaired) electrons. The number of carbonyl (C=O) groups is 2. The maximum absolute atomic E-state index is 12.2. The number of hydrogen-bond acceptors (Lipinski definition) is 3. The van der Waals surface area contributed by atoms with E-state index >= 15 is 0 Å². The summed E-state index contributed by atoms with van der Waals surface area (Å²) < 4.78 is 5.87. The van der Waals surface area contributed by atoms with Crippen molar-refractivity contribution in [2.24, 2.45) is 5.92 Å². The van der Waals surface area contributed by atoms with Gasteiger partial charge in [-0.1, -0.05) is 23.7 Å². The van der Waals surface area contributed by atoms with Gasteiger partial charge in [0, 0.05) is 30.7 Å². The first-order chi connectivity index (χ1) is 12.5. The minimum Gasteiger partial charge on any atom is -0.489 e. The summed E-state index contributed by atoms with van der Waals surface area (Å²) in [6, 6.07) is 13.2. The van der Waals surface area contributed by atoms with Gasteiger partial charge in [-0.05, 0) is 48.4 Å². The zero-order chi connectivity index (χ0) is 18.7. The summed E-state index contributed by atoms with van der Waals surface area (Å²) in [6.45, 7) is 2.76. The van der Waals surface area contributed by atoms with E-state index in [0.717, 1.165) is 22.6 Å². The highest BCUT2D eigenvalue weighted by atomic mass is 35.5. The van der Waals surface area contributed by atoms with Crippen LogP contribution in [0.4, 0.5) is 5.69 Å². The van der Waals surface area contributed by atoms with Crippen LogP contribution >= 0.6 is 11.6 Å². The van der Waals surface area contributed by atoms with Crippen LogP contribution in [0.2, 0.25) is 5.02 Å². The first kappa shape index (κ1) is 18.3. The van der Waals surface area contributed by atoms with Crippen molar-refractivity contribution in [2.45, 2.75) is 20.0 Å². The Bertz CT molecular complexity index is 838. The summed E-state index contributed by atoms with van der Waals surface area (Å²) in [5.74, 6) is 0.319. The van der Waals surface area contributed by atoms with Crippen LogP contribution in [0, 0.1) is 12.8 Å². The van der Waals surface area contributed by atoms with E-state index < -0.39 is 0 Å². The molecule has 6 heteroatoms. The Morgan fingerprint density at radius 1 is 1.31 bits per heavy atom. The minimum atomic E-state index is -0.299. The summed E-state index contributed by atoms with van der Waals surface area (Å²) in [7, 11) is 1.59. The Kier molecular flexibility index (Phi) is 5.47. The molecule has 2 aromatic carbocycles. The SMILES string of the molecule is CNC(=O)[C@H]1CC(=O)N(c2ccc(OCc3cccc(Cl)c3)c(C)c2)C1. The van der Waals surface area contributed by atoms with Crippen molar-refractivity contribution in [3.63, 3.8) is 0 Å². The van der Waals surface area contributed by atoms with Crippen molar-refractivity contribution < 1.29 is 14.3 Å². The van der Waals surface area contributed by atoms with Gasteiger partial charge >= 0.3 is 0 Å². The van der Waals surface area contributed by atoms with Crippen molar-refractivity contribution in [1.29, 1.82) is 0 Å². The molecule has 1 atom stereocenters. The highest BCUT2D eigenvalue weighted by Crippen LogP contribution is 2.30. The number of aryl methyl sites for hydroxylation is 1. The third kappa shape index (κ3) is 3.99. The van der Waals surface area contributed by atoms with E-state index in [1.165, 1.54) is 0 Å². The Morgan fingerprint density at radius 2 is 2.12 bits per heavy atom. The molecule has 26 heavy (non-hydrogen) atoms. The van der Waals surface area contributed by atoms with Gasteiger partial charge in [-0.3, -0.25) is 9.59 Å². The molecule has 1 N–H and O–H groups in total. The average molecular weight is 373 g/mol. The summed E-state index contributed by atoms with van der Waals surface area (Å²) in [4.78, 5) is 25.7. The number of benzene rings is 2. The Hall–Kier alpha value is -2.53. The largest absolute Gasteiger partial charge is 0.489 e. The van der Waals surface area contributed by atoms with E-state index in [1.54, 1.807) is 11.9 Å². The van der Waals surface area contributed by atoms with E-state index in [9.17, 15) is 9.59 Å². The van der Waals surface area contributed by atoms with Gasteiger partial charge in [0.05, 0.1) is 5.92 Å². The maximum Gasteiger partial charge on any atom is 0.227 e. The van der Waals surface area contributed by atoms with Gasteiger partial charge in [0.15, 0.2) is 0 Å². The Morgan fingerprint density at radius 3 is 2.81 bits per heavy atom. The second-order valence-corrected chi connectivity index (χ2v) is 6.82. The summed E-state index contributed by atoms with van der Waals surface area (Å²) in [5.41, 5.74) is 2.71. The lowest BCUT2D eigenvalue weighted by Crippen LogP contribution is -2.30. The highest BCUT2D eigenvalue weighted by Gasteiger charge is 2.34. The standard InChI is InChI=1S/C20H21ClN2O3/c1-13-8-17(23-11-15(10-19(23)24)20(25)22-2)6-7-18(13)26-12-14-4-3-5-16(21)9-14/h3-9,15H,10-12H2,1-2H3,(H,22,25)/t15-/m0/s1. The molecular formula is C20H21ClN2O3. The van der Waals surface area contributed by atoms with E-state index in [0.29, 0.717) is 18.2 Å². The van der Waals surface area contributed by atoms with Crippen molar-refractivity contribution in [3.05, 3.63) is 58.6 Å². The predicted octanol–water partition coefficient (Wildman–Crippen LogP) is 3.33. The summed E-state index contributed by atoms with van der Waals surface area (Å²) in [6.07, 6.45) is 0.242. The highest BCUT2D eigenvalue weighted by molar-refractivity contribution is 6.30. The van der Waals surface area contributed by atoms with Crippen LogP contribution in [0.1, 0.15) is 17.5 Å². The van der Waals surface area contributed by atoms with Gasteiger partial charge in [0.25, 0.3) is 0 Å². The minimum absolute atomic E-state index is 0.0365. The fourth-order valence-electron chi connectivity index (χ4n) is 3.09. The summed E-state index contributed by atoms with van der Waals surface area (Å²) in [5, 5.41) is 3.29. The Balaban J connectivity index is 1.69. The lowest BCUT2D eigenvalue weighted by atomic mass is 10.1. The molecule has 0 aliphatic carbocycles. The molecular weight excluding hydrogens is 352 g/mol. The van der Waals surface area contributed by atoms with Crippen LogP contribution in [0.25, 0.3) is 0 Å². The fourth-order valence-corrected chi connectivity index (χ4v) is 3.30. The number of halogens is 1. The molecule has 0 bridgehead atoms. The van der Waals surface area contributed by atoms with Crippen LogP contribution in [0.5, 0.6) is 5.75 Å². The zero-order valence-corrected chi connectivity index (χ0v) is 15.5. The number of nitrogens with zero attached hydrogens (tertiary/aromatic N) is 1. The normalized spacial score (nSPS) is 16.7. The van der Waals surface area contributed by atoms with Gasteiger partial charge in [-0.2, -0.15) is 0 Å². The first-order valence-corrected chi connectivity index (χ1v) is 8.85. The number of ether oxygens (including phenoxy) is 1. The first-order valence-electron chi connectivity index (χ1n) is 8.48. The smallest absolute Gasteiger partial charge is 0.227 e. The molecule has 2 aromatic rings. The van der Waals surface area contributed by atoms with E-state index in [1.807, 2.05) is 49.4 Å². The van der Waals surface area contributed by atoms with Gasteiger partial charge in [0.1, 0.15) is 12.4 Å². The monoisotopic (exact) mass is 372 g/mol. The van der Waals surface area contributed by atoms with Crippen LogP contribution in [0.3, 0.4) is 0 Å². The quantitative estimate of drug-likeness (QED) is 0.875. The van der Waals surface area contributed by atoms with Gasteiger partial charge < -0.3 is 15.0 Å². The molecule has 3 rings (SSSR count). The van der Waals surface area contributed by atoms with E-state index in [-0.39, 0.29) is 24.2 Å². The number of nitrogens with one attached hydrogen (secondary N) is 1. The summed E-state index contributed by atoms with van der Waals surface area (Å²) >= 11 is 5.99. The number of amides is 2. The molecule has 1 heterocycles. The molecule has 1 aliphatic rings. The number of hydrogen-bond donors (Lipinski definition) is 1. The fraction of sp³-hybridized carbons (Fsp3) is 0.300. The number of carbonyl (C=O) groups excluding carboxylic acids is 2. The molecule has 0 unspecified atom stereocenters.